The zero-order chi connectivity index (χ0) is 21.3. The second kappa shape index (κ2) is 10.8. The van der Waals surface area contributed by atoms with Crippen molar-refractivity contribution in [2.75, 3.05) is 58.8 Å². The molecule has 1 N–H and O–H groups in total. The molecule has 2 heterocycles. The Labute approximate surface area is 180 Å². The van der Waals surface area contributed by atoms with Crippen LogP contribution in [0.25, 0.3) is 0 Å². The largest absolute Gasteiger partial charge is 0.497 e. The van der Waals surface area contributed by atoms with Gasteiger partial charge < -0.3 is 24.8 Å². The first-order valence-electron chi connectivity index (χ1n) is 10.6. The molecule has 1 fully saturated rings. The number of nitrogens with zero attached hydrogens (tertiary/aromatic N) is 5. The highest BCUT2D eigenvalue weighted by molar-refractivity contribution is 5.79. The molecule has 1 aromatic carbocycles. The first kappa shape index (κ1) is 21.9. The molecule has 0 unspecified atom stereocenters. The zero-order valence-corrected chi connectivity index (χ0v) is 18.6. The van der Waals surface area contributed by atoms with Crippen LogP contribution in [0.3, 0.4) is 0 Å². The lowest BCUT2D eigenvalue weighted by molar-refractivity contribution is 0.312. The van der Waals surface area contributed by atoms with Gasteiger partial charge in [-0.15, -0.1) is 0 Å². The summed E-state index contributed by atoms with van der Waals surface area (Å²) in [6.45, 7) is 8.52. The van der Waals surface area contributed by atoms with E-state index >= 15 is 0 Å². The lowest BCUT2D eigenvalue weighted by atomic mass is 10.2. The van der Waals surface area contributed by atoms with Crippen molar-refractivity contribution in [2.24, 2.45) is 4.99 Å². The van der Waals surface area contributed by atoms with Crippen LogP contribution in [0.15, 0.2) is 47.6 Å². The van der Waals surface area contributed by atoms with E-state index < -0.39 is 0 Å². The van der Waals surface area contributed by atoms with Gasteiger partial charge in [0.2, 0.25) is 0 Å². The molecule has 0 spiro atoms. The molecule has 1 aliphatic heterocycles. The first-order valence-corrected chi connectivity index (χ1v) is 10.6. The van der Waals surface area contributed by atoms with Crippen LogP contribution in [-0.2, 0) is 13.1 Å². The highest BCUT2D eigenvalue weighted by Gasteiger charge is 2.15. The van der Waals surface area contributed by atoms with Crippen molar-refractivity contribution in [1.82, 2.24) is 20.1 Å². The predicted octanol–water partition coefficient (Wildman–Crippen LogP) is 2.44. The minimum absolute atomic E-state index is 0.602. The van der Waals surface area contributed by atoms with Crippen molar-refractivity contribution in [3.63, 3.8) is 0 Å². The predicted molar refractivity (Wildman–Crippen MR) is 123 cm³/mol. The van der Waals surface area contributed by atoms with Gasteiger partial charge in [0.1, 0.15) is 11.6 Å². The average Bonchev–Trinajstić information content (AvgIpc) is 2.78. The van der Waals surface area contributed by atoms with Crippen molar-refractivity contribution in [1.29, 1.82) is 0 Å². The third-order valence-electron chi connectivity index (χ3n) is 5.32. The molecule has 0 radical (unpaired) electrons. The van der Waals surface area contributed by atoms with Crippen molar-refractivity contribution in [3.8, 4) is 5.75 Å². The minimum Gasteiger partial charge on any atom is -0.497 e. The number of benzene rings is 1. The number of hydrogen-bond donors (Lipinski definition) is 1. The molecule has 7 heteroatoms. The van der Waals surface area contributed by atoms with Crippen molar-refractivity contribution >= 4 is 11.8 Å². The van der Waals surface area contributed by atoms with Gasteiger partial charge in [-0.2, -0.15) is 0 Å². The van der Waals surface area contributed by atoms with E-state index in [4.69, 9.17) is 9.73 Å². The van der Waals surface area contributed by atoms with Crippen LogP contribution in [-0.4, -0.2) is 74.7 Å². The summed E-state index contributed by atoms with van der Waals surface area (Å²) in [5.41, 5.74) is 2.32. The van der Waals surface area contributed by atoms with Gasteiger partial charge in [0.05, 0.1) is 13.7 Å². The lowest BCUT2D eigenvalue weighted by Crippen LogP contribution is -2.44. The summed E-state index contributed by atoms with van der Waals surface area (Å²) < 4.78 is 5.24. The lowest BCUT2D eigenvalue weighted by Gasteiger charge is -2.33. The number of ether oxygens (including phenoxy) is 1. The van der Waals surface area contributed by atoms with Gasteiger partial charge >= 0.3 is 0 Å². The van der Waals surface area contributed by atoms with Crippen LogP contribution in [0.5, 0.6) is 5.75 Å². The number of pyridine rings is 1. The van der Waals surface area contributed by atoms with Gasteiger partial charge in [0.25, 0.3) is 0 Å². The van der Waals surface area contributed by atoms with Crippen LogP contribution >= 0.6 is 0 Å². The zero-order valence-electron chi connectivity index (χ0n) is 18.6. The fourth-order valence-electron chi connectivity index (χ4n) is 3.45. The fourth-order valence-corrected chi connectivity index (χ4v) is 3.45. The van der Waals surface area contributed by atoms with Crippen LogP contribution in [0.2, 0.25) is 0 Å². The molecule has 0 bridgehead atoms. The maximum absolute atomic E-state index is 5.24. The highest BCUT2D eigenvalue weighted by atomic mass is 16.5. The van der Waals surface area contributed by atoms with Crippen LogP contribution < -0.4 is 15.0 Å². The van der Waals surface area contributed by atoms with E-state index in [1.807, 2.05) is 18.3 Å². The average molecular weight is 411 g/mol. The number of hydrogen-bond acceptors (Lipinski definition) is 5. The third-order valence-corrected chi connectivity index (χ3v) is 5.32. The SMILES string of the molecule is CCNC(=NCc1ccc(N2CCN(C)CC2)nc1)N(C)Cc1ccc(OC)cc1. The van der Waals surface area contributed by atoms with Gasteiger partial charge in [-0.05, 0) is 43.3 Å². The second-order valence-corrected chi connectivity index (χ2v) is 7.69. The Hall–Kier alpha value is -2.80. The Morgan fingerprint density at radius 3 is 2.40 bits per heavy atom. The van der Waals surface area contributed by atoms with Crippen molar-refractivity contribution in [3.05, 3.63) is 53.7 Å². The van der Waals surface area contributed by atoms with E-state index in [0.29, 0.717) is 6.54 Å². The molecule has 162 valence electrons. The number of piperazine rings is 1. The van der Waals surface area contributed by atoms with E-state index in [0.717, 1.165) is 62.4 Å². The molecule has 0 aliphatic carbocycles. The number of likely N-dealkylation sites (N-methyl/N-ethyl adjacent to an activating group) is 1. The monoisotopic (exact) mass is 410 g/mol. The fraction of sp³-hybridized carbons (Fsp3) is 0.478. The Kier molecular flexibility index (Phi) is 7.90. The molecule has 1 saturated heterocycles. The number of guanidine groups is 1. The van der Waals surface area contributed by atoms with Crippen molar-refractivity contribution < 1.29 is 4.74 Å². The topological polar surface area (TPSA) is 56.2 Å². The van der Waals surface area contributed by atoms with Crippen LogP contribution in [0.4, 0.5) is 5.82 Å². The Morgan fingerprint density at radius 1 is 1.10 bits per heavy atom. The standard InChI is InChI=1S/C23H34N6O/c1-5-24-23(28(3)18-19-6-9-21(30-4)10-7-19)26-17-20-8-11-22(25-16-20)29-14-12-27(2)13-15-29/h6-11,16H,5,12-15,17-18H2,1-4H3,(H,24,26). The molecule has 0 amide bonds. The van der Waals surface area contributed by atoms with E-state index in [1.54, 1.807) is 7.11 Å². The van der Waals surface area contributed by atoms with E-state index in [1.165, 1.54) is 5.56 Å². The molecule has 3 rings (SSSR count). The highest BCUT2D eigenvalue weighted by Crippen LogP contribution is 2.15. The summed E-state index contributed by atoms with van der Waals surface area (Å²) >= 11 is 0. The Bertz CT molecular complexity index is 797. The number of rotatable bonds is 7. The van der Waals surface area contributed by atoms with E-state index in [2.05, 4.69) is 70.3 Å². The maximum Gasteiger partial charge on any atom is 0.194 e. The molecule has 1 aromatic heterocycles. The van der Waals surface area contributed by atoms with E-state index in [-0.39, 0.29) is 0 Å². The van der Waals surface area contributed by atoms with Gasteiger partial charge in [0.15, 0.2) is 5.96 Å². The quantitative estimate of drug-likeness (QED) is 0.559. The van der Waals surface area contributed by atoms with Gasteiger partial charge in [-0.1, -0.05) is 18.2 Å². The van der Waals surface area contributed by atoms with Crippen LogP contribution in [0.1, 0.15) is 18.1 Å². The maximum atomic E-state index is 5.24. The minimum atomic E-state index is 0.602. The molecular weight excluding hydrogens is 376 g/mol. The number of nitrogens with one attached hydrogen (secondary N) is 1. The number of aliphatic imine (C=N–C) groups is 1. The number of methoxy groups -OCH3 is 1. The molecular formula is C23H34N6O. The smallest absolute Gasteiger partial charge is 0.194 e. The van der Waals surface area contributed by atoms with Crippen molar-refractivity contribution in [2.45, 2.75) is 20.0 Å². The number of aromatic nitrogens is 1. The second-order valence-electron chi connectivity index (χ2n) is 7.69. The normalized spacial score (nSPS) is 15.2. The van der Waals surface area contributed by atoms with Gasteiger partial charge in [0, 0.05) is 52.5 Å². The van der Waals surface area contributed by atoms with Crippen LogP contribution in [0, 0.1) is 0 Å². The molecule has 0 atom stereocenters. The Balaban J connectivity index is 1.60. The summed E-state index contributed by atoms with van der Waals surface area (Å²) in [7, 11) is 5.91. The molecule has 1 aliphatic rings. The summed E-state index contributed by atoms with van der Waals surface area (Å²) in [5.74, 6) is 2.81. The van der Waals surface area contributed by atoms with Gasteiger partial charge in [-0.3, -0.25) is 0 Å². The third kappa shape index (κ3) is 6.10. The Morgan fingerprint density at radius 2 is 1.80 bits per heavy atom. The summed E-state index contributed by atoms with van der Waals surface area (Å²) in [6.07, 6.45) is 1.95. The summed E-state index contributed by atoms with van der Waals surface area (Å²) in [6, 6.07) is 12.4. The summed E-state index contributed by atoms with van der Waals surface area (Å²) in [4.78, 5) is 16.3. The van der Waals surface area contributed by atoms with E-state index in [9.17, 15) is 0 Å². The molecule has 7 nitrogen and oxygen atoms in total. The summed E-state index contributed by atoms with van der Waals surface area (Å²) in [5, 5.41) is 3.38. The van der Waals surface area contributed by atoms with Gasteiger partial charge in [-0.25, -0.2) is 9.98 Å². The molecule has 2 aromatic rings. The molecule has 0 saturated carbocycles. The number of anilines is 1. The first-order chi connectivity index (χ1) is 14.6. The molecule has 30 heavy (non-hydrogen) atoms.